The van der Waals surface area contributed by atoms with E-state index in [1.54, 1.807) is 61.5 Å². The summed E-state index contributed by atoms with van der Waals surface area (Å²) in [5.41, 5.74) is 0.950. The Bertz CT molecular complexity index is 1470. The summed E-state index contributed by atoms with van der Waals surface area (Å²) in [6.07, 6.45) is 3.04. The van der Waals surface area contributed by atoms with Crippen LogP contribution in [-0.4, -0.2) is 48.1 Å². The molecule has 0 radical (unpaired) electrons. The van der Waals surface area contributed by atoms with Crippen molar-refractivity contribution in [1.82, 2.24) is 4.98 Å². The van der Waals surface area contributed by atoms with Gasteiger partial charge in [-0.15, -0.1) is 0 Å². The highest BCUT2D eigenvalue weighted by atomic mass is 32.1. The van der Waals surface area contributed by atoms with Crippen LogP contribution in [0.4, 0.5) is 5.13 Å². The molecule has 1 aromatic heterocycles. The Balaban J connectivity index is 1.87. The van der Waals surface area contributed by atoms with E-state index in [1.165, 1.54) is 18.1 Å². The van der Waals surface area contributed by atoms with Crippen LogP contribution in [0, 0.1) is 6.92 Å². The fraction of sp³-hybridized carbons (Fsp3) is 0.172. The number of rotatable bonds is 10. The van der Waals surface area contributed by atoms with E-state index in [1.807, 2.05) is 0 Å². The van der Waals surface area contributed by atoms with Crippen molar-refractivity contribution in [3.05, 3.63) is 101 Å². The number of methoxy groups -OCH3 is 1. The zero-order chi connectivity index (χ0) is 28.1. The number of aliphatic hydroxyl groups is 1. The number of thiazole rings is 1. The molecular weight excluding hydrogens is 520 g/mol. The first-order valence-corrected chi connectivity index (χ1v) is 12.7. The minimum absolute atomic E-state index is 0.00859. The van der Waals surface area contributed by atoms with E-state index in [0.29, 0.717) is 34.9 Å². The van der Waals surface area contributed by atoms with Crippen LogP contribution >= 0.6 is 11.3 Å². The number of Topliss-reactive ketones (excluding diaryl/α,β-unsaturated/α-hetero) is 1. The van der Waals surface area contributed by atoms with Gasteiger partial charge in [-0.05, 0) is 37.3 Å². The van der Waals surface area contributed by atoms with Crippen molar-refractivity contribution in [3.8, 4) is 11.5 Å². The van der Waals surface area contributed by atoms with Crippen LogP contribution in [0.15, 0.2) is 79.4 Å². The first-order chi connectivity index (χ1) is 18.8. The molecule has 10 heteroatoms. The van der Waals surface area contributed by atoms with Crippen molar-refractivity contribution in [2.24, 2.45) is 0 Å². The highest BCUT2D eigenvalue weighted by Crippen LogP contribution is 2.46. The summed E-state index contributed by atoms with van der Waals surface area (Å²) in [5, 5.41) is 11.5. The minimum atomic E-state index is -1.08. The lowest BCUT2D eigenvalue weighted by molar-refractivity contribution is -0.132. The van der Waals surface area contributed by atoms with Gasteiger partial charge in [-0.3, -0.25) is 14.5 Å². The van der Waals surface area contributed by atoms with E-state index < -0.39 is 23.7 Å². The number of esters is 1. The summed E-state index contributed by atoms with van der Waals surface area (Å²) in [6, 6.07) is 12.2. The molecular formula is C29H26N2O7S. The van der Waals surface area contributed by atoms with E-state index >= 15 is 0 Å². The maximum absolute atomic E-state index is 13.5. The Morgan fingerprint density at radius 2 is 1.79 bits per heavy atom. The van der Waals surface area contributed by atoms with Gasteiger partial charge < -0.3 is 19.3 Å². The van der Waals surface area contributed by atoms with E-state index in [-0.39, 0.29) is 27.9 Å². The third-order valence-corrected chi connectivity index (χ3v) is 7.02. The quantitative estimate of drug-likeness (QED) is 0.124. The lowest BCUT2D eigenvalue weighted by Gasteiger charge is -2.24. The number of ketones is 1. The molecule has 1 aliphatic rings. The van der Waals surface area contributed by atoms with Gasteiger partial charge in [-0.2, -0.15) is 0 Å². The van der Waals surface area contributed by atoms with Gasteiger partial charge in [0.25, 0.3) is 5.78 Å². The molecule has 2 aromatic carbocycles. The number of aliphatic hydroxyl groups excluding tert-OH is 1. The number of hydrogen-bond acceptors (Lipinski definition) is 9. The molecule has 0 saturated carbocycles. The molecule has 0 bridgehead atoms. The molecule has 3 aromatic rings. The lowest BCUT2D eigenvalue weighted by atomic mass is 9.94. The summed E-state index contributed by atoms with van der Waals surface area (Å²) >= 11 is 0.915. The summed E-state index contributed by atoms with van der Waals surface area (Å²) in [7, 11) is 1.47. The van der Waals surface area contributed by atoms with Gasteiger partial charge in [0.2, 0.25) is 0 Å². The van der Waals surface area contributed by atoms with E-state index in [4.69, 9.17) is 14.2 Å². The maximum Gasteiger partial charge on any atom is 0.350 e. The van der Waals surface area contributed by atoms with Gasteiger partial charge in [0, 0.05) is 11.1 Å². The Labute approximate surface area is 229 Å². The first kappa shape index (κ1) is 27.3. The fourth-order valence-corrected chi connectivity index (χ4v) is 5.10. The number of carbonyl (C=O) groups is 3. The number of amides is 1. The standard InChI is InChI=1S/C29H26N2O7S/c1-5-15-37-19-13-11-18(12-14-19)24(32)22-23(20-9-7-8-10-21(20)36-4)31(27(34)25(22)33)29-30-17(3)26(39-29)28(35)38-16-6-2/h5-14,23,32H,1-2,15-16H2,3-4H3/b24-22+. The first-order valence-electron chi connectivity index (χ1n) is 11.9. The molecule has 1 atom stereocenters. The second-order valence-corrected chi connectivity index (χ2v) is 9.31. The SMILES string of the molecule is C=CCOC(=O)c1sc(N2C(=O)C(=O)/C(=C(/O)c3ccc(OCC=C)cc3)C2c2ccccc2OC)nc1C. The van der Waals surface area contributed by atoms with Crippen LogP contribution in [0.2, 0.25) is 0 Å². The third-order valence-electron chi connectivity index (χ3n) is 5.88. The summed E-state index contributed by atoms with van der Waals surface area (Å²) in [6.45, 7) is 9.06. The Morgan fingerprint density at radius 1 is 1.10 bits per heavy atom. The number of nitrogens with zero attached hydrogens (tertiary/aromatic N) is 2. The molecule has 1 N–H and O–H groups in total. The van der Waals surface area contributed by atoms with Crippen LogP contribution in [0.1, 0.15) is 32.5 Å². The number of para-hydroxylation sites is 1. The average molecular weight is 547 g/mol. The van der Waals surface area contributed by atoms with Gasteiger partial charge >= 0.3 is 11.9 Å². The number of aryl methyl sites for hydroxylation is 1. The monoisotopic (exact) mass is 546 g/mol. The van der Waals surface area contributed by atoms with Gasteiger partial charge in [0.05, 0.1) is 18.4 Å². The zero-order valence-corrected chi connectivity index (χ0v) is 22.2. The number of benzene rings is 2. The van der Waals surface area contributed by atoms with Crippen molar-refractivity contribution in [2.45, 2.75) is 13.0 Å². The second-order valence-electron chi connectivity index (χ2n) is 8.33. The van der Waals surface area contributed by atoms with Gasteiger partial charge in [-0.25, -0.2) is 9.78 Å². The van der Waals surface area contributed by atoms with Crippen molar-refractivity contribution >= 4 is 39.9 Å². The smallest absolute Gasteiger partial charge is 0.350 e. The van der Waals surface area contributed by atoms with E-state index in [9.17, 15) is 19.5 Å². The number of ether oxygens (including phenoxy) is 3. The molecule has 0 aliphatic carbocycles. The molecule has 2 heterocycles. The van der Waals surface area contributed by atoms with Gasteiger partial charge in [0.15, 0.2) is 5.13 Å². The van der Waals surface area contributed by atoms with Gasteiger partial charge in [-0.1, -0.05) is 54.8 Å². The molecule has 39 heavy (non-hydrogen) atoms. The van der Waals surface area contributed by atoms with Crippen molar-refractivity contribution in [3.63, 3.8) is 0 Å². The van der Waals surface area contributed by atoms with Gasteiger partial charge in [0.1, 0.15) is 41.4 Å². The molecule has 4 rings (SSSR count). The van der Waals surface area contributed by atoms with Crippen molar-refractivity contribution in [2.75, 3.05) is 25.2 Å². The number of anilines is 1. The van der Waals surface area contributed by atoms with Crippen LogP contribution in [0.3, 0.4) is 0 Å². The molecule has 1 aliphatic heterocycles. The molecule has 1 amide bonds. The van der Waals surface area contributed by atoms with Crippen molar-refractivity contribution in [1.29, 1.82) is 0 Å². The van der Waals surface area contributed by atoms with Crippen LogP contribution < -0.4 is 14.4 Å². The largest absolute Gasteiger partial charge is 0.507 e. The molecule has 200 valence electrons. The Hall–Kier alpha value is -4.70. The topological polar surface area (TPSA) is 115 Å². The lowest BCUT2D eigenvalue weighted by Crippen LogP contribution is -2.29. The highest BCUT2D eigenvalue weighted by Gasteiger charge is 2.49. The van der Waals surface area contributed by atoms with E-state index in [2.05, 4.69) is 18.1 Å². The molecule has 0 spiro atoms. The van der Waals surface area contributed by atoms with Crippen molar-refractivity contribution < 1.29 is 33.7 Å². The fourth-order valence-electron chi connectivity index (χ4n) is 4.11. The normalized spacial score (nSPS) is 16.2. The third kappa shape index (κ3) is 5.32. The molecule has 1 saturated heterocycles. The molecule has 1 unspecified atom stereocenters. The summed E-state index contributed by atoms with van der Waals surface area (Å²) in [4.78, 5) is 45.2. The Morgan fingerprint density at radius 3 is 2.46 bits per heavy atom. The summed E-state index contributed by atoms with van der Waals surface area (Å²) < 4.78 is 16.2. The maximum atomic E-state index is 13.5. The predicted molar refractivity (Wildman–Crippen MR) is 147 cm³/mol. The second kappa shape index (κ2) is 11.8. The molecule has 1 fully saturated rings. The summed E-state index contributed by atoms with van der Waals surface area (Å²) in [5.74, 6) is -1.87. The van der Waals surface area contributed by atoms with Crippen LogP contribution in [-0.2, 0) is 14.3 Å². The van der Waals surface area contributed by atoms with Crippen LogP contribution in [0.5, 0.6) is 11.5 Å². The predicted octanol–water partition coefficient (Wildman–Crippen LogP) is 4.99. The van der Waals surface area contributed by atoms with Crippen LogP contribution in [0.25, 0.3) is 5.76 Å². The number of hydrogen-bond donors (Lipinski definition) is 1. The number of carbonyl (C=O) groups excluding carboxylic acids is 3. The zero-order valence-electron chi connectivity index (χ0n) is 21.4. The van der Waals surface area contributed by atoms with E-state index in [0.717, 1.165) is 11.3 Å². The minimum Gasteiger partial charge on any atom is -0.507 e. The Kier molecular flexibility index (Phi) is 8.26. The highest BCUT2D eigenvalue weighted by molar-refractivity contribution is 7.17. The average Bonchev–Trinajstić information content (AvgIpc) is 3.46. The number of aromatic nitrogens is 1. The molecule has 9 nitrogen and oxygen atoms in total.